The van der Waals surface area contributed by atoms with Crippen molar-refractivity contribution < 1.29 is 4.74 Å². The van der Waals surface area contributed by atoms with Crippen molar-refractivity contribution in [3.63, 3.8) is 0 Å². The van der Waals surface area contributed by atoms with E-state index in [-0.39, 0.29) is 5.60 Å². The maximum atomic E-state index is 5.89. The van der Waals surface area contributed by atoms with Gasteiger partial charge in [-0.1, -0.05) is 13.8 Å². The minimum Gasteiger partial charge on any atom is -0.376 e. The number of rotatable bonds is 6. The molecule has 0 bridgehead atoms. The van der Waals surface area contributed by atoms with Crippen LogP contribution in [-0.2, 0) is 4.74 Å². The maximum Gasteiger partial charge on any atom is 0.0598 e. The Balaban J connectivity index is 2.36. The molecule has 1 N–H and O–H groups in total. The SMILES string of the molecule is CCCNC1CCC(C)CC1CCOC(C)(C)C. The van der Waals surface area contributed by atoms with Gasteiger partial charge in [0.25, 0.3) is 0 Å². The predicted molar refractivity (Wildman–Crippen MR) is 78.9 cm³/mol. The van der Waals surface area contributed by atoms with Crippen LogP contribution in [0.5, 0.6) is 0 Å². The van der Waals surface area contributed by atoms with Crippen molar-refractivity contribution in [1.82, 2.24) is 5.32 Å². The molecule has 0 amide bonds. The van der Waals surface area contributed by atoms with Gasteiger partial charge in [-0.3, -0.25) is 0 Å². The van der Waals surface area contributed by atoms with Gasteiger partial charge in [-0.15, -0.1) is 0 Å². The van der Waals surface area contributed by atoms with Crippen LogP contribution in [0, 0.1) is 11.8 Å². The Morgan fingerprint density at radius 2 is 1.94 bits per heavy atom. The fraction of sp³-hybridized carbons (Fsp3) is 1.00. The van der Waals surface area contributed by atoms with Crippen molar-refractivity contribution in [2.24, 2.45) is 11.8 Å². The molecule has 1 rings (SSSR count). The van der Waals surface area contributed by atoms with Crippen molar-refractivity contribution in [1.29, 1.82) is 0 Å². The van der Waals surface area contributed by atoms with E-state index >= 15 is 0 Å². The molecule has 1 fully saturated rings. The zero-order valence-electron chi connectivity index (χ0n) is 13.1. The van der Waals surface area contributed by atoms with Crippen LogP contribution in [-0.4, -0.2) is 24.8 Å². The quantitative estimate of drug-likeness (QED) is 0.774. The van der Waals surface area contributed by atoms with Crippen molar-refractivity contribution in [2.75, 3.05) is 13.2 Å². The van der Waals surface area contributed by atoms with Crippen LogP contribution in [0.25, 0.3) is 0 Å². The lowest BCUT2D eigenvalue weighted by molar-refractivity contribution is -0.0143. The Morgan fingerprint density at radius 1 is 1.22 bits per heavy atom. The molecule has 0 radical (unpaired) electrons. The molecule has 108 valence electrons. The summed E-state index contributed by atoms with van der Waals surface area (Å²) in [6.07, 6.45) is 6.55. The number of hydrogen-bond acceptors (Lipinski definition) is 2. The normalized spacial score (nSPS) is 29.5. The molecular weight excluding hydrogens is 222 g/mol. The van der Waals surface area contributed by atoms with Crippen LogP contribution in [0.15, 0.2) is 0 Å². The standard InChI is InChI=1S/C16H33NO/c1-6-10-17-15-8-7-13(2)12-14(15)9-11-18-16(3,4)5/h13-15,17H,6-12H2,1-5H3. The van der Waals surface area contributed by atoms with E-state index in [9.17, 15) is 0 Å². The first-order valence-corrected chi connectivity index (χ1v) is 7.79. The van der Waals surface area contributed by atoms with Gasteiger partial charge < -0.3 is 10.1 Å². The summed E-state index contributed by atoms with van der Waals surface area (Å²) in [7, 11) is 0. The minimum atomic E-state index is 0.00657. The third-order valence-electron chi connectivity index (χ3n) is 3.92. The molecule has 0 saturated heterocycles. The molecule has 2 nitrogen and oxygen atoms in total. The van der Waals surface area contributed by atoms with Gasteiger partial charge in [0, 0.05) is 12.6 Å². The highest BCUT2D eigenvalue weighted by molar-refractivity contribution is 4.83. The molecule has 0 aliphatic heterocycles. The Morgan fingerprint density at radius 3 is 2.56 bits per heavy atom. The van der Waals surface area contributed by atoms with Crippen molar-refractivity contribution in [2.45, 2.75) is 78.4 Å². The highest BCUT2D eigenvalue weighted by Gasteiger charge is 2.28. The van der Waals surface area contributed by atoms with E-state index in [1.807, 2.05) is 0 Å². The number of hydrogen-bond donors (Lipinski definition) is 1. The minimum absolute atomic E-state index is 0.00657. The summed E-state index contributed by atoms with van der Waals surface area (Å²) < 4.78 is 5.89. The Labute approximate surface area is 114 Å². The van der Waals surface area contributed by atoms with Gasteiger partial charge in [0.2, 0.25) is 0 Å². The van der Waals surface area contributed by atoms with E-state index in [0.29, 0.717) is 0 Å². The molecule has 1 aliphatic carbocycles. The van der Waals surface area contributed by atoms with E-state index in [1.165, 1.54) is 32.1 Å². The zero-order valence-corrected chi connectivity index (χ0v) is 13.1. The number of nitrogens with one attached hydrogen (secondary N) is 1. The highest BCUT2D eigenvalue weighted by atomic mass is 16.5. The first-order valence-electron chi connectivity index (χ1n) is 7.79. The van der Waals surface area contributed by atoms with Gasteiger partial charge in [0.15, 0.2) is 0 Å². The summed E-state index contributed by atoms with van der Waals surface area (Å²) in [5.41, 5.74) is 0.00657. The van der Waals surface area contributed by atoms with E-state index in [4.69, 9.17) is 4.74 Å². The number of ether oxygens (including phenoxy) is 1. The second-order valence-corrected chi connectivity index (χ2v) is 6.99. The van der Waals surface area contributed by atoms with Gasteiger partial charge in [0.05, 0.1) is 5.60 Å². The Hall–Kier alpha value is -0.0800. The van der Waals surface area contributed by atoms with Crippen LogP contribution < -0.4 is 5.32 Å². The lowest BCUT2D eigenvalue weighted by Crippen LogP contribution is -2.41. The molecule has 0 heterocycles. The summed E-state index contributed by atoms with van der Waals surface area (Å²) in [6.45, 7) is 13.1. The van der Waals surface area contributed by atoms with E-state index < -0.39 is 0 Å². The second-order valence-electron chi connectivity index (χ2n) is 6.99. The van der Waals surface area contributed by atoms with Crippen LogP contribution in [0.1, 0.15) is 66.7 Å². The fourth-order valence-electron chi connectivity index (χ4n) is 2.93. The molecule has 0 aromatic heterocycles. The molecule has 0 aromatic carbocycles. The zero-order chi connectivity index (χ0) is 13.6. The second kappa shape index (κ2) is 7.49. The van der Waals surface area contributed by atoms with Crippen LogP contribution in [0.4, 0.5) is 0 Å². The predicted octanol–water partition coefficient (Wildman–Crippen LogP) is 4.00. The molecule has 3 atom stereocenters. The monoisotopic (exact) mass is 255 g/mol. The molecule has 0 aromatic rings. The Bertz CT molecular complexity index is 220. The average Bonchev–Trinajstić information content (AvgIpc) is 2.26. The van der Waals surface area contributed by atoms with Crippen LogP contribution in [0.2, 0.25) is 0 Å². The Kier molecular flexibility index (Phi) is 6.65. The van der Waals surface area contributed by atoms with Gasteiger partial charge in [-0.25, -0.2) is 0 Å². The summed E-state index contributed by atoms with van der Waals surface area (Å²) in [6, 6.07) is 0.727. The van der Waals surface area contributed by atoms with E-state index in [2.05, 4.69) is 39.9 Å². The average molecular weight is 255 g/mol. The molecular formula is C16H33NO. The summed E-state index contributed by atoms with van der Waals surface area (Å²) in [4.78, 5) is 0. The van der Waals surface area contributed by atoms with E-state index in [0.717, 1.165) is 31.0 Å². The molecule has 1 saturated carbocycles. The molecule has 2 heteroatoms. The third-order valence-corrected chi connectivity index (χ3v) is 3.92. The van der Waals surface area contributed by atoms with Crippen LogP contribution >= 0.6 is 0 Å². The molecule has 1 aliphatic rings. The lowest BCUT2D eigenvalue weighted by Gasteiger charge is -2.36. The van der Waals surface area contributed by atoms with Gasteiger partial charge >= 0.3 is 0 Å². The van der Waals surface area contributed by atoms with Gasteiger partial charge in [-0.2, -0.15) is 0 Å². The summed E-state index contributed by atoms with van der Waals surface area (Å²) in [5, 5.41) is 3.73. The highest BCUT2D eigenvalue weighted by Crippen LogP contribution is 2.31. The topological polar surface area (TPSA) is 21.3 Å². The smallest absolute Gasteiger partial charge is 0.0598 e. The third kappa shape index (κ3) is 6.19. The van der Waals surface area contributed by atoms with Gasteiger partial charge in [0.1, 0.15) is 0 Å². The lowest BCUT2D eigenvalue weighted by atomic mass is 9.77. The van der Waals surface area contributed by atoms with Crippen molar-refractivity contribution in [3.8, 4) is 0 Å². The van der Waals surface area contributed by atoms with Crippen LogP contribution in [0.3, 0.4) is 0 Å². The van der Waals surface area contributed by atoms with E-state index in [1.54, 1.807) is 0 Å². The summed E-state index contributed by atoms with van der Waals surface area (Å²) >= 11 is 0. The molecule has 3 unspecified atom stereocenters. The largest absolute Gasteiger partial charge is 0.376 e. The van der Waals surface area contributed by atoms with Crippen molar-refractivity contribution in [3.05, 3.63) is 0 Å². The summed E-state index contributed by atoms with van der Waals surface area (Å²) in [5.74, 6) is 1.70. The first-order chi connectivity index (χ1) is 8.42. The first kappa shape index (κ1) is 16.0. The molecule has 0 spiro atoms. The fourth-order valence-corrected chi connectivity index (χ4v) is 2.93. The maximum absolute atomic E-state index is 5.89. The molecule has 18 heavy (non-hydrogen) atoms. The van der Waals surface area contributed by atoms with Crippen molar-refractivity contribution >= 4 is 0 Å². The van der Waals surface area contributed by atoms with Gasteiger partial charge in [-0.05, 0) is 71.3 Å².